The van der Waals surface area contributed by atoms with E-state index in [1.807, 2.05) is 6.07 Å². The lowest BCUT2D eigenvalue weighted by Gasteiger charge is -2.24. The Morgan fingerprint density at radius 2 is 2.30 bits per heavy atom. The zero-order chi connectivity index (χ0) is 14.5. The van der Waals surface area contributed by atoms with Gasteiger partial charge in [0, 0.05) is 12.2 Å². The van der Waals surface area contributed by atoms with Gasteiger partial charge in [-0.15, -0.1) is 6.58 Å². The average molecular weight is 271 g/mol. The smallest absolute Gasteiger partial charge is 0.323 e. The lowest BCUT2D eigenvalue weighted by atomic mass is 9.95. The van der Waals surface area contributed by atoms with Gasteiger partial charge in [0.1, 0.15) is 18.4 Å². The first kappa shape index (κ1) is 14.1. The third-order valence-electron chi connectivity index (χ3n) is 3.38. The molecule has 0 fully saturated rings. The molecule has 1 aliphatic carbocycles. The second-order valence-corrected chi connectivity index (χ2v) is 4.85. The Bertz CT molecular complexity index is 575. The van der Waals surface area contributed by atoms with Crippen molar-refractivity contribution in [3.63, 3.8) is 0 Å². The molecule has 1 aromatic heterocycles. The Labute approximate surface area is 118 Å². The fraction of sp³-hybridized carbons (Fsp3) is 0.400. The Balaban J connectivity index is 2.44. The first-order valence-electron chi connectivity index (χ1n) is 6.66. The zero-order valence-corrected chi connectivity index (χ0v) is 11.3. The number of nitriles is 1. The second kappa shape index (κ2) is 6.20. The van der Waals surface area contributed by atoms with Crippen molar-refractivity contribution in [2.45, 2.75) is 25.7 Å². The first-order chi connectivity index (χ1) is 9.65. The lowest BCUT2D eigenvalue weighted by molar-refractivity contribution is -0.135. The van der Waals surface area contributed by atoms with Crippen molar-refractivity contribution < 1.29 is 9.90 Å². The Kier molecular flexibility index (Phi) is 4.36. The van der Waals surface area contributed by atoms with Crippen LogP contribution in [-0.4, -0.2) is 29.1 Å². The van der Waals surface area contributed by atoms with Crippen LogP contribution >= 0.6 is 0 Å². The highest BCUT2D eigenvalue weighted by Gasteiger charge is 2.19. The molecule has 20 heavy (non-hydrogen) atoms. The maximum absolute atomic E-state index is 11.0. The number of pyridine rings is 1. The van der Waals surface area contributed by atoms with Crippen molar-refractivity contribution in [1.29, 1.82) is 5.26 Å². The number of fused-ring (bicyclic) bond motifs is 1. The first-order valence-corrected chi connectivity index (χ1v) is 6.66. The van der Waals surface area contributed by atoms with Crippen LogP contribution < -0.4 is 4.90 Å². The van der Waals surface area contributed by atoms with E-state index >= 15 is 0 Å². The molecule has 0 saturated carbocycles. The van der Waals surface area contributed by atoms with Crippen molar-refractivity contribution in [3.05, 3.63) is 35.5 Å². The van der Waals surface area contributed by atoms with E-state index < -0.39 is 5.97 Å². The van der Waals surface area contributed by atoms with E-state index in [9.17, 15) is 10.1 Å². The van der Waals surface area contributed by atoms with E-state index in [0.717, 1.165) is 36.9 Å². The number of aryl methyl sites for hydroxylation is 2. The van der Waals surface area contributed by atoms with Gasteiger partial charge in [-0.25, -0.2) is 4.98 Å². The van der Waals surface area contributed by atoms with Crippen LogP contribution in [0.3, 0.4) is 0 Å². The normalized spacial score (nSPS) is 13.2. The van der Waals surface area contributed by atoms with Gasteiger partial charge in [-0.3, -0.25) is 4.79 Å². The molecule has 104 valence electrons. The van der Waals surface area contributed by atoms with Crippen LogP contribution in [0.25, 0.3) is 0 Å². The molecule has 0 unspecified atom stereocenters. The predicted molar refractivity (Wildman–Crippen MR) is 75.6 cm³/mol. The summed E-state index contributed by atoms with van der Waals surface area (Å²) in [4.78, 5) is 17.1. The number of hydrogen-bond acceptors (Lipinski definition) is 4. The Morgan fingerprint density at radius 1 is 1.55 bits per heavy atom. The molecular weight excluding hydrogens is 254 g/mol. The minimum Gasteiger partial charge on any atom is -0.480 e. The highest BCUT2D eigenvalue weighted by Crippen LogP contribution is 2.26. The topological polar surface area (TPSA) is 77.2 Å². The summed E-state index contributed by atoms with van der Waals surface area (Å²) < 4.78 is 0. The average Bonchev–Trinajstić information content (AvgIpc) is 2.45. The maximum Gasteiger partial charge on any atom is 0.323 e. The van der Waals surface area contributed by atoms with Gasteiger partial charge in [-0.2, -0.15) is 5.26 Å². The number of hydrogen-bond donors (Lipinski definition) is 1. The molecule has 0 atom stereocenters. The molecule has 0 spiro atoms. The fourth-order valence-electron chi connectivity index (χ4n) is 2.49. The minimum atomic E-state index is -0.949. The number of aromatic nitrogens is 1. The zero-order valence-electron chi connectivity index (χ0n) is 11.3. The van der Waals surface area contributed by atoms with E-state index in [1.54, 1.807) is 11.0 Å². The standard InChI is InChI=1S/C15H17N3O2/c1-2-7-18(10-14(19)20)15-12(9-16)8-11-5-3-4-6-13(11)17-15/h2,8H,1,3-7,10H2,(H,19,20). The van der Waals surface area contributed by atoms with Crippen LogP contribution in [0.1, 0.15) is 29.7 Å². The van der Waals surface area contributed by atoms with Crippen molar-refractivity contribution in [2.75, 3.05) is 18.0 Å². The number of aliphatic carboxylic acids is 1. The predicted octanol–water partition coefficient (Wildman–Crippen LogP) is 1.91. The Morgan fingerprint density at radius 3 is 2.95 bits per heavy atom. The molecule has 1 aliphatic rings. The molecule has 1 heterocycles. The van der Waals surface area contributed by atoms with Gasteiger partial charge in [0.2, 0.25) is 0 Å². The van der Waals surface area contributed by atoms with E-state index in [4.69, 9.17) is 5.11 Å². The summed E-state index contributed by atoms with van der Waals surface area (Å²) in [6.45, 7) is 3.80. The van der Waals surface area contributed by atoms with Gasteiger partial charge >= 0.3 is 5.97 Å². The summed E-state index contributed by atoms with van der Waals surface area (Å²) >= 11 is 0. The van der Waals surface area contributed by atoms with Gasteiger partial charge in [-0.05, 0) is 37.3 Å². The van der Waals surface area contributed by atoms with Crippen LogP contribution in [0, 0.1) is 11.3 Å². The SMILES string of the molecule is C=CCN(CC(=O)O)c1nc2c(cc1C#N)CCCC2. The highest BCUT2D eigenvalue weighted by atomic mass is 16.4. The third kappa shape index (κ3) is 2.97. The number of anilines is 1. The molecular formula is C15H17N3O2. The van der Waals surface area contributed by atoms with Crippen molar-refractivity contribution >= 4 is 11.8 Å². The summed E-state index contributed by atoms with van der Waals surface area (Å²) in [5, 5.41) is 18.3. The van der Waals surface area contributed by atoms with Crippen molar-refractivity contribution in [2.24, 2.45) is 0 Å². The summed E-state index contributed by atoms with van der Waals surface area (Å²) in [5.41, 5.74) is 2.55. The van der Waals surface area contributed by atoms with Crippen LogP contribution in [0.5, 0.6) is 0 Å². The molecule has 0 bridgehead atoms. The summed E-state index contributed by atoms with van der Waals surface area (Å²) in [6, 6.07) is 3.98. The van der Waals surface area contributed by atoms with E-state index in [0.29, 0.717) is 17.9 Å². The molecule has 2 rings (SSSR count). The van der Waals surface area contributed by atoms with Crippen LogP contribution in [0.2, 0.25) is 0 Å². The van der Waals surface area contributed by atoms with Gasteiger partial charge in [0.15, 0.2) is 0 Å². The van der Waals surface area contributed by atoms with E-state index in [2.05, 4.69) is 17.6 Å². The van der Waals surface area contributed by atoms with Gasteiger partial charge in [0.05, 0.1) is 5.56 Å². The summed E-state index contributed by atoms with van der Waals surface area (Å²) in [7, 11) is 0. The fourth-order valence-corrected chi connectivity index (χ4v) is 2.49. The van der Waals surface area contributed by atoms with Crippen molar-refractivity contribution in [3.8, 4) is 6.07 Å². The molecule has 5 heteroatoms. The van der Waals surface area contributed by atoms with E-state index in [-0.39, 0.29) is 6.54 Å². The summed E-state index contributed by atoms with van der Waals surface area (Å²) in [5.74, 6) is -0.495. The lowest BCUT2D eigenvalue weighted by Crippen LogP contribution is -2.31. The molecule has 0 saturated heterocycles. The van der Waals surface area contributed by atoms with Crippen LogP contribution in [0.4, 0.5) is 5.82 Å². The van der Waals surface area contributed by atoms with Gasteiger partial charge < -0.3 is 10.0 Å². The van der Waals surface area contributed by atoms with Gasteiger partial charge in [-0.1, -0.05) is 6.08 Å². The second-order valence-electron chi connectivity index (χ2n) is 4.85. The number of carbonyl (C=O) groups is 1. The largest absolute Gasteiger partial charge is 0.480 e. The highest BCUT2D eigenvalue weighted by molar-refractivity contribution is 5.74. The molecule has 0 amide bonds. The van der Waals surface area contributed by atoms with Gasteiger partial charge in [0.25, 0.3) is 0 Å². The molecule has 0 radical (unpaired) electrons. The molecule has 0 aliphatic heterocycles. The third-order valence-corrected chi connectivity index (χ3v) is 3.38. The van der Waals surface area contributed by atoms with E-state index in [1.165, 1.54) is 0 Å². The van der Waals surface area contributed by atoms with Crippen LogP contribution in [0.15, 0.2) is 18.7 Å². The monoisotopic (exact) mass is 271 g/mol. The number of nitrogens with zero attached hydrogens (tertiary/aromatic N) is 3. The molecule has 5 nitrogen and oxygen atoms in total. The number of rotatable bonds is 5. The number of carboxylic acid groups (broad SMARTS) is 1. The van der Waals surface area contributed by atoms with Crippen LogP contribution in [-0.2, 0) is 17.6 Å². The quantitative estimate of drug-likeness (QED) is 0.828. The molecule has 1 aromatic rings. The summed E-state index contributed by atoms with van der Waals surface area (Å²) in [6.07, 6.45) is 5.65. The number of carboxylic acids is 1. The minimum absolute atomic E-state index is 0.188. The molecule has 1 N–H and O–H groups in total. The molecule has 0 aromatic carbocycles. The van der Waals surface area contributed by atoms with Crippen molar-refractivity contribution in [1.82, 2.24) is 4.98 Å². The maximum atomic E-state index is 11.0. The Hall–Kier alpha value is -2.35.